The van der Waals surface area contributed by atoms with Crippen LogP contribution in [-0.4, -0.2) is 314 Å². The molecule has 125 heavy (non-hydrogen) atoms. The third-order valence-electron chi connectivity index (χ3n) is 21.6. The molecule has 5 rings (SSSR count). The Balaban J connectivity index is 1.21. The average molecular weight is 1770 g/mol. The molecule has 1 aromatic rings. The van der Waals surface area contributed by atoms with E-state index in [1.54, 1.807) is 85.7 Å². The number of likely N-dealkylation sites (tertiary alicyclic amines) is 3. The first kappa shape index (κ1) is 104. The Hall–Kier alpha value is -11.5. The van der Waals surface area contributed by atoms with Gasteiger partial charge in [0, 0.05) is 26.1 Å². The van der Waals surface area contributed by atoms with Crippen molar-refractivity contribution in [2.45, 2.75) is 275 Å². The second kappa shape index (κ2) is 50.4. The molecule has 0 aliphatic carbocycles. The van der Waals surface area contributed by atoms with Crippen molar-refractivity contribution in [1.82, 2.24) is 94.5 Å². The fraction of sp³-hybridized carbons (Fsp3) is 0.679. The van der Waals surface area contributed by atoms with Crippen LogP contribution in [-0.2, 0) is 102 Å². The summed E-state index contributed by atoms with van der Waals surface area (Å²) in [7, 11) is 0. The van der Waals surface area contributed by atoms with Gasteiger partial charge in [-0.3, -0.25) is 95.9 Å². The van der Waals surface area contributed by atoms with Crippen LogP contribution in [0.4, 0.5) is 0 Å². The van der Waals surface area contributed by atoms with Crippen molar-refractivity contribution in [3.8, 4) is 0 Å². The third kappa shape index (κ3) is 32.8. The lowest BCUT2D eigenvalue weighted by Gasteiger charge is -2.33. The van der Waals surface area contributed by atoms with Gasteiger partial charge in [-0.15, -0.1) is 0 Å². The number of amides is 18. The Morgan fingerprint density at radius 2 is 0.840 bits per heavy atom. The maximum atomic E-state index is 14.7. The van der Waals surface area contributed by atoms with Gasteiger partial charge in [-0.2, -0.15) is 0 Å². The lowest BCUT2D eigenvalue weighted by Crippen LogP contribution is -2.63. The molecule has 1 aromatic carbocycles. The van der Waals surface area contributed by atoms with Gasteiger partial charge in [0.05, 0.1) is 57.3 Å². The minimum Gasteiger partial charge on any atom is -0.481 e. The Morgan fingerprint density at radius 3 is 1.31 bits per heavy atom. The topological polar surface area (TPSA) is 659 Å². The van der Waals surface area contributed by atoms with Crippen molar-refractivity contribution >= 4 is 118 Å². The normalized spacial score (nSPS) is 19.5. The molecule has 0 saturated carbocycles. The molecule has 4 fully saturated rings. The van der Waals surface area contributed by atoms with E-state index >= 15 is 0 Å². The maximum Gasteiger partial charge on any atom is 0.325 e. The summed E-state index contributed by atoms with van der Waals surface area (Å²) >= 11 is 0. The van der Waals surface area contributed by atoms with Crippen LogP contribution in [0.3, 0.4) is 0 Å². The zero-order chi connectivity index (χ0) is 93.4. The smallest absolute Gasteiger partial charge is 0.325 e. The predicted octanol–water partition coefficient (Wildman–Crippen LogP) is -6.97. The minimum atomic E-state index is -1.82. The number of nitrogens with zero attached hydrogens (tertiary/aromatic N) is 3. The molecule has 18 amide bonds. The highest BCUT2D eigenvalue weighted by molar-refractivity contribution is 6.02. The second-order valence-electron chi connectivity index (χ2n) is 33.4. The molecule has 0 bridgehead atoms. The van der Waals surface area contributed by atoms with E-state index in [9.17, 15) is 116 Å². The average Bonchev–Trinajstić information content (AvgIpc) is 1.70. The summed E-state index contributed by atoms with van der Waals surface area (Å²) in [5.41, 5.74) is 6.13. The summed E-state index contributed by atoms with van der Waals surface area (Å²) in [5, 5.41) is 87.7. The highest BCUT2D eigenvalue weighted by atomic mass is 16.4. The van der Waals surface area contributed by atoms with Gasteiger partial charge in [-0.25, -0.2) is 0 Å². The van der Waals surface area contributed by atoms with Gasteiger partial charge in [0.15, 0.2) is 0 Å². The first-order valence-electron chi connectivity index (χ1n) is 42.4. The number of benzene rings is 1. The van der Waals surface area contributed by atoms with Crippen molar-refractivity contribution < 1.29 is 121 Å². The zero-order valence-electron chi connectivity index (χ0n) is 72.6. The van der Waals surface area contributed by atoms with Crippen molar-refractivity contribution in [3.63, 3.8) is 0 Å². The van der Waals surface area contributed by atoms with E-state index in [0.29, 0.717) is 37.8 Å². The minimum absolute atomic E-state index is 0.0115. The van der Waals surface area contributed by atoms with Crippen LogP contribution in [0, 0.1) is 23.7 Å². The number of aliphatic hydroxyl groups is 3. The number of primary amides is 1. The van der Waals surface area contributed by atoms with Crippen LogP contribution < -0.4 is 85.5 Å². The Kier molecular flexibility index (Phi) is 42.0. The van der Waals surface area contributed by atoms with Crippen LogP contribution in [0.5, 0.6) is 0 Å². The summed E-state index contributed by atoms with van der Waals surface area (Å²) in [6.45, 7) is 14.4. The van der Waals surface area contributed by atoms with Crippen LogP contribution in [0.2, 0.25) is 0 Å². The number of carbonyl (C=O) groups is 20. The summed E-state index contributed by atoms with van der Waals surface area (Å²) in [6, 6.07) is -13.0. The first-order chi connectivity index (χ1) is 58.9. The molecule has 4 saturated heterocycles. The van der Waals surface area contributed by atoms with Gasteiger partial charge in [0.1, 0.15) is 84.6 Å². The molecule has 4 heterocycles. The van der Waals surface area contributed by atoms with E-state index in [-0.39, 0.29) is 95.2 Å². The third-order valence-corrected chi connectivity index (χ3v) is 21.6. The number of hydrogen-bond acceptors (Lipinski definition) is 24. The quantitative estimate of drug-likeness (QED) is 0.0288. The van der Waals surface area contributed by atoms with Crippen molar-refractivity contribution in [2.24, 2.45) is 29.4 Å². The monoisotopic (exact) mass is 1770 g/mol. The number of nitrogens with one attached hydrogen (secondary N) is 15. The molecule has 44 heteroatoms. The van der Waals surface area contributed by atoms with Crippen LogP contribution >= 0.6 is 0 Å². The van der Waals surface area contributed by atoms with E-state index in [1.807, 2.05) is 0 Å². The van der Waals surface area contributed by atoms with E-state index < -0.39 is 266 Å². The van der Waals surface area contributed by atoms with Crippen LogP contribution in [0.1, 0.15) is 172 Å². The largest absolute Gasteiger partial charge is 0.481 e. The molecule has 696 valence electrons. The van der Waals surface area contributed by atoms with Gasteiger partial charge >= 0.3 is 11.9 Å². The van der Waals surface area contributed by atoms with E-state index in [4.69, 9.17) is 10.8 Å². The molecule has 4 aliphatic rings. The van der Waals surface area contributed by atoms with Gasteiger partial charge in [-0.1, -0.05) is 92.1 Å². The van der Waals surface area contributed by atoms with Crippen molar-refractivity contribution in [3.05, 3.63) is 35.9 Å². The molecule has 22 N–H and O–H groups in total. The SMILES string of the molecule is CC[C@H](C)[C@H](NC(=O)[C@@H]1CCCN1C(=O)[C@H](CC(N)=O)NC(=O)CNC(=O)[C@H](Cc1ccccc1)NC(=O)[C@@H]1CCCN1C(=O)[C@H](CO)NC(=O)[C@@H](NC(=O)[C@@H](NC(=O)[C@@H]1CCCN1)[C@@H](C)O)[C@@H](C)O)C(=O)N1CCC[C@H]1C(=O)NCC(=O)N[C@@H](CC(C)C)C(=O)N[C@@H](CC(C)C)C(=O)N[C@@H](CC(=O)O)C(=O)N[C@@H](CC(C)C)C(=O)NCC(=O)N[C@@H](C)C(=O)O. The summed E-state index contributed by atoms with van der Waals surface area (Å²) in [6.07, 6.45) is -2.73. The van der Waals surface area contributed by atoms with E-state index in [0.717, 1.165) is 16.7 Å². The summed E-state index contributed by atoms with van der Waals surface area (Å²) < 4.78 is 0. The molecule has 18 atom stereocenters. The van der Waals surface area contributed by atoms with E-state index in [2.05, 4.69) is 79.8 Å². The Morgan fingerprint density at radius 1 is 0.424 bits per heavy atom. The number of nitrogens with two attached hydrogens (primary N) is 1. The van der Waals surface area contributed by atoms with Gasteiger partial charge < -0.3 is 126 Å². The molecular formula is C81H127N19O25. The number of aliphatic hydroxyl groups excluding tert-OH is 3. The molecule has 0 radical (unpaired) electrons. The fourth-order valence-corrected chi connectivity index (χ4v) is 14.8. The molecule has 4 aliphatic heterocycles. The molecule has 0 aromatic heterocycles. The lowest BCUT2D eigenvalue weighted by atomic mass is 9.96. The summed E-state index contributed by atoms with van der Waals surface area (Å²) in [5.74, 6) is -20.8. The van der Waals surface area contributed by atoms with Gasteiger partial charge in [0.25, 0.3) is 0 Å². The predicted molar refractivity (Wildman–Crippen MR) is 443 cm³/mol. The summed E-state index contributed by atoms with van der Waals surface area (Å²) in [4.78, 5) is 275. The van der Waals surface area contributed by atoms with Gasteiger partial charge in [-0.05, 0) is 127 Å². The molecule has 44 nitrogen and oxygen atoms in total. The van der Waals surface area contributed by atoms with E-state index in [1.165, 1.54) is 18.7 Å². The highest BCUT2D eigenvalue weighted by Crippen LogP contribution is 2.26. The second-order valence-corrected chi connectivity index (χ2v) is 33.4. The molecule has 0 unspecified atom stereocenters. The van der Waals surface area contributed by atoms with Gasteiger partial charge in [0.2, 0.25) is 106 Å². The molecular weight excluding hydrogens is 1640 g/mol. The van der Waals surface area contributed by atoms with Crippen molar-refractivity contribution in [1.29, 1.82) is 0 Å². The number of aliphatic carboxylic acids is 2. The van der Waals surface area contributed by atoms with Crippen molar-refractivity contribution in [2.75, 3.05) is 52.4 Å². The van der Waals surface area contributed by atoms with Crippen LogP contribution in [0.15, 0.2) is 30.3 Å². The first-order valence-corrected chi connectivity index (χ1v) is 42.4. The number of hydrogen-bond donors (Lipinski definition) is 21. The Labute approximate surface area is 724 Å². The molecule has 0 spiro atoms. The highest BCUT2D eigenvalue weighted by Gasteiger charge is 2.46. The van der Waals surface area contributed by atoms with Crippen LogP contribution in [0.25, 0.3) is 0 Å². The Bertz CT molecular complexity index is 4000. The lowest BCUT2D eigenvalue weighted by molar-refractivity contribution is -0.145. The number of carbonyl (C=O) groups excluding carboxylic acids is 18. The fourth-order valence-electron chi connectivity index (χ4n) is 14.8. The standard InChI is InChI=1S/C81H127N19O25/c1-12-43(8)64(80(123)100-29-17-23-56(100)73(116)86-38-61(106)88-50(31-41(4)5)70(113)91-51(32-42(6)7)71(114)92-53(35-63(108)109)72(115)90-49(30-40(2)3)67(110)84-36-60(105)87-44(9)81(124)125)95-75(118)58-25-19-27-98(58)78(121)54(34-59(82)104)89-62(107)37-85-68(111)52(33-47-20-14-13-15-21-47)93-74(117)57-24-18-28-99(57)79(122)55(39-101)94-76(119)65(45(10)102)97-77(120)66(46(11)103)96-69(112)48-22-16-26-83-48/h13-15,20-21,40-46,48-58,64-66,83,101-103H,12,16-19,22-39H2,1-11H3,(H2,82,104)(H,84,110)(H,85,111)(H,86,116)(H,87,105)(H,88,106)(H,89,107)(H,90,115)(H,91,113)(H,92,114)(H,93,117)(H,94,119)(H,95,118)(H,96,112)(H,97,120)(H,108,109)(H,124,125)/t43-,44-,45+,46+,48-,49-,50-,51-,52-,53-,54-,55-,56-,57-,58-,64-,65-,66-/m0/s1. The number of carboxylic acids is 2. The maximum absolute atomic E-state index is 14.7. The number of rotatable bonds is 49. The zero-order valence-corrected chi connectivity index (χ0v) is 72.6. The number of carboxylic acid groups (broad SMARTS) is 2.